The van der Waals surface area contributed by atoms with E-state index in [0.717, 1.165) is 36.3 Å². The molecular weight excluding hydrogens is 410 g/mol. The topological polar surface area (TPSA) is 105 Å². The van der Waals surface area contributed by atoms with Gasteiger partial charge in [-0.15, -0.1) is 0 Å². The SMILES string of the molecule is COc1ccc(CCCCOc2ccc(CNC3CCC(C(=O)O)(C(=O)O)C3)cc2)cc1. The van der Waals surface area contributed by atoms with Crippen molar-refractivity contribution in [3.8, 4) is 11.5 Å². The Bertz CT molecular complexity index is 880. The zero-order valence-electron chi connectivity index (χ0n) is 18.4. The van der Waals surface area contributed by atoms with Crippen LogP contribution in [0.1, 0.15) is 43.2 Å². The van der Waals surface area contributed by atoms with Crippen LogP contribution in [0.5, 0.6) is 11.5 Å². The largest absolute Gasteiger partial charge is 0.497 e. The third kappa shape index (κ3) is 6.01. The lowest BCUT2D eigenvalue weighted by molar-refractivity contribution is -0.164. The zero-order valence-corrected chi connectivity index (χ0v) is 18.4. The molecule has 3 rings (SSSR count). The van der Waals surface area contributed by atoms with Gasteiger partial charge in [0.25, 0.3) is 0 Å². The van der Waals surface area contributed by atoms with Gasteiger partial charge in [0.1, 0.15) is 11.5 Å². The van der Waals surface area contributed by atoms with E-state index >= 15 is 0 Å². The molecule has 0 saturated heterocycles. The van der Waals surface area contributed by atoms with E-state index in [2.05, 4.69) is 17.4 Å². The molecule has 0 bridgehead atoms. The van der Waals surface area contributed by atoms with Crippen LogP contribution in [0.25, 0.3) is 0 Å². The smallest absolute Gasteiger partial charge is 0.321 e. The first kappa shape index (κ1) is 23.6. The van der Waals surface area contributed by atoms with E-state index in [0.29, 0.717) is 19.6 Å². The lowest BCUT2D eigenvalue weighted by Gasteiger charge is -2.19. The molecule has 1 unspecified atom stereocenters. The van der Waals surface area contributed by atoms with E-state index < -0.39 is 17.4 Å². The summed E-state index contributed by atoms with van der Waals surface area (Å²) in [4.78, 5) is 22.8. The molecule has 0 aliphatic heterocycles. The number of aryl methyl sites for hydroxylation is 1. The van der Waals surface area contributed by atoms with Crippen LogP contribution in [0.15, 0.2) is 48.5 Å². The van der Waals surface area contributed by atoms with Crippen LogP contribution in [0.4, 0.5) is 0 Å². The summed E-state index contributed by atoms with van der Waals surface area (Å²) in [5.41, 5.74) is 0.664. The quantitative estimate of drug-likeness (QED) is 0.339. The number of unbranched alkanes of at least 4 members (excludes halogenated alkanes) is 1. The number of benzene rings is 2. The Kier molecular flexibility index (Phi) is 8.11. The Morgan fingerprint density at radius 3 is 2.19 bits per heavy atom. The summed E-state index contributed by atoms with van der Waals surface area (Å²) >= 11 is 0. The molecular formula is C25H31NO6. The maximum absolute atomic E-state index is 11.4. The van der Waals surface area contributed by atoms with Crippen molar-refractivity contribution in [3.05, 3.63) is 59.7 Å². The normalized spacial score (nSPS) is 17.1. The molecule has 0 aromatic heterocycles. The van der Waals surface area contributed by atoms with Gasteiger partial charge in [-0.2, -0.15) is 0 Å². The molecule has 1 aliphatic carbocycles. The number of hydrogen-bond acceptors (Lipinski definition) is 5. The van der Waals surface area contributed by atoms with E-state index in [1.807, 2.05) is 36.4 Å². The Morgan fingerprint density at radius 2 is 1.59 bits per heavy atom. The second-order valence-electron chi connectivity index (χ2n) is 8.31. The number of methoxy groups -OCH3 is 1. The van der Waals surface area contributed by atoms with Gasteiger partial charge in [0.2, 0.25) is 0 Å². The third-order valence-corrected chi connectivity index (χ3v) is 6.14. The fraction of sp³-hybridized carbons (Fsp3) is 0.440. The van der Waals surface area contributed by atoms with Gasteiger partial charge in [-0.05, 0) is 73.9 Å². The summed E-state index contributed by atoms with van der Waals surface area (Å²) in [6.07, 6.45) is 3.81. The molecule has 3 N–H and O–H groups in total. The van der Waals surface area contributed by atoms with E-state index in [9.17, 15) is 19.8 Å². The summed E-state index contributed by atoms with van der Waals surface area (Å²) in [5.74, 6) is -0.818. The molecule has 0 amide bonds. The van der Waals surface area contributed by atoms with Crippen LogP contribution in [-0.4, -0.2) is 41.9 Å². The lowest BCUT2D eigenvalue weighted by atomic mass is 9.86. The average Bonchev–Trinajstić information content (AvgIpc) is 3.25. The molecule has 0 radical (unpaired) electrons. The van der Waals surface area contributed by atoms with E-state index in [-0.39, 0.29) is 18.9 Å². The van der Waals surface area contributed by atoms with Gasteiger partial charge < -0.3 is 25.0 Å². The highest BCUT2D eigenvalue weighted by atomic mass is 16.5. The van der Waals surface area contributed by atoms with Crippen LogP contribution in [0.3, 0.4) is 0 Å². The third-order valence-electron chi connectivity index (χ3n) is 6.14. The van der Waals surface area contributed by atoms with Crippen LogP contribution >= 0.6 is 0 Å². The molecule has 2 aromatic carbocycles. The Morgan fingerprint density at radius 1 is 0.969 bits per heavy atom. The minimum absolute atomic E-state index is 0.107. The average molecular weight is 442 g/mol. The molecule has 1 fully saturated rings. The Balaban J connectivity index is 1.35. The Hall–Kier alpha value is -3.06. The summed E-state index contributed by atoms with van der Waals surface area (Å²) in [5, 5.41) is 21.9. The zero-order chi connectivity index (χ0) is 23.0. The molecule has 7 nitrogen and oxygen atoms in total. The molecule has 2 aromatic rings. The van der Waals surface area contributed by atoms with Crippen molar-refractivity contribution in [1.29, 1.82) is 0 Å². The van der Waals surface area contributed by atoms with Gasteiger partial charge in [-0.1, -0.05) is 24.3 Å². The van der Waals surface area contributed by atoms with Crippen LogP contribution in [0, 0.1) is 5.41 Å². The summed E-state index contributed by atoms with van der Waals surface area (Å²) in [7, 11) is 1.66. The predicted molar refractivity (Wildman–Crippen MR) is 120 cm³/mol. The van der Waals surface area contributed by atoms with E-state index in [1.54, 1.807) is 7.11 Å². The van der Waals surface area contributed by atoms with Gasteiger partial charge in [-0.25, -0.2) is 0 Å². The highest BCUT2D eigenvalue weighted by molar-refractivity contribution is 5.98. The molecule has 1 aliphatic rings. The highest BCUT2D eigenvalue weighted by Crippen LogP contribution is 2.39. The van der Waals surface area contributed by atoms with Crippen molar-refractivity contribution in [1.82, 2.24) is 5.32 Å². The monoisotopic (exact) mass is 441 g/mol. The van der Waals surface area contributed by atoms with Crippen molar-refractivity contribution in [2.45, 2.75) is 51.1 Å². The van der Waals surface area contributed by atoms with Crippen molar-refractivity contribution in [2.75, 3.05) is 13.7 Å². The van der Waals surface area contributed by atoms with Crippen molar-refractivity contribution >= 4 is 11.9 Å². The van der Waals surface area contributed by atoms with Gasteiger partial charge in [0.15, 0.2) is 5.41 Å². The van der Waals surface area contributed by atoms with Gasteiger partial charge in [0.05, 0.1) is 13.7 Å². The minimum atomic E-state index is -1.66. The molecule has 0 heterocycles. The fourth-order valence-electron chi connectivity index (χ4n) is 4.08. The number of ether oxygens (including phenoxy) is 2. The van der Waals surface area contributed by atoms with E-state index in [4.69, 9.17) is 9.47 Å². The number of carbonyl (C=O) groups is 2. The van der Waals surface area contributed by atoms with Crippen molar-refractivity contribution in [3.63, 3.8) is 0 Å². The minimum Gasteiger partial charge on any atom is -0.497 e. The molecule has 32 heavy (non-hydrogen) atoms. The van der Waals surface area contributed by atoms with Crippen LogP contribution < -0.4 is 14.8 Å². The maximum Gasteiger partial charge on any atom is 0.321 e. The summed E-state index contributed by atoms with van der Waals surface area (Å²) in [6, 6.07) is 15.8. The van der Waals surface area contributed by atoms with Crippen molar-refractivity contribution in [2.24, 2.45) is 5.41 Å². The first-order chi connectivity index (χ1) is 15.4. The molecule has 172 valence electrons. The van der Waals surface area contributed by atoms with E-state index in [1.165, 1.54) is 5.56 Å². The molecule has 7 heteroatoms. The van der Waals surface area contributed by atoms with Crippen LogP contribution in [-0.2, 0) is 22.6 Å². The molecule has 1 saturated carbocycles. The van der Waals surface area contributed by atoms with Crippen molar-refractivity contribution < 1.29 is 29.3 Å². The van der Waals surface area contributed by atoms with Gasteiger partial charge in [-0.3, -0.25) is 9.59 Å². The van der Waals surface area contributed by atoms with Gasteiger partial charge >= 0.3 is 11.9 Å². The lowest BCUT2D eigenvalue weighted by Crippen LogP contribution is -2.39. The number of hydrogen-bond donors (Lipinski definition) is 3. The number of nitrogens with one attached hydrogen (secondary N) is 1. The first-order valence-electron chi connectivity index (χ1n) is 11.0. The second kappa shape index (κ2) is 11.0. The number of rotatable bonds is 12. The number of carboxylic acid groups (broad SMARTS) is 2. The Labute approximate surface area is 188 Å². The first-order valence-corrected chi connectivity index (χ1v) is 11.0. The molecule has 1 atom stereocenters. The van der Waals surface area contributed by atoms with Crippen LogP contribution in [0.2, 0.25) is 0 Å². The fourth-order valence-corrected chi connectivity index (χ4v) is 4.08. The predicted octanol–water partition coefficient (Wildman–Crippen LogP) is 3.89. The number of carboxylic acids is 2. The van der Waals surface area contributed by atoms with Gasteiger partial charge in [0, 0.05) is 12.6 Å². The highest BCUT2D eigenvalue weighted by Gasteiger charge is 2.51. The summed E-state index contributed by atoms with van der Waals surface area (Å²) < 4.78 is 11.0. The standard InChI is InChI=1S/C25H31NO6/c1-31-21-9-5-18(6-10-21)4-2-3-15-32-22-11-7-19(8-12-22)17-26-20-13-14-25(16-20,23(27)28)24(29)30/h5-12,20,26H,2-4,13-17H2,1H3,(H,27,28)(H,29,30). The summed E-state index contributed by atoms with van der Waals surface area (Å²) in [6.45, 7) is 1.21. The molecule has 0 spiro atoms. The number of aliphatic carboxylic acids is 2. The maximum atomic E-state index is 11.4. The second-order valence-corrected chi connectivity index (χ2v) is 8.31.